The SMILES string of the molecule is COc1ccc(OC)c([C@@H](c2nnnn2C[C@H]2CCCO2)N2CCN(Cc3ccccc3)CC2)c1. The Morgan fingerprint density at radius 3 is 2.57 bits per heavy atom. The van der Waals surface area contributed by atoms with Gasteiger partial charge in [0.25, 0.3) is 0 Å². The Morgan fingerprint density at radius 2 is 1.86 bits per heavy atom. The molecule has 0 saturated carbocycles. The molecule has 0 radical (unpaired) electrons. The highest BCUT2D eigenvalue weighted by atomic mass is 16.5. The van der Waals surface area contributed by atoms with Crippen molar-refractivity contribution >= 4 is 0 Å². The van der Waals surface area contributed by atoms with Crippen LogP contribution in [-0.4, -0.2) is 83.1 Å². The first-order valence-corrected chi connectivity index (χ1v) is 12.3. The maximum atomic E-state index is 5.88. The number of hydrogen-bond acceptors (Lipinski definition) is 8. The van der Waals surface area contributed by atoms with E-state index in [4.69, 9.17) is 14.2 Å². The van der Waals surface area contributed by atoms with Gasteiger partial charge in [-0.1, -0.05) is 30.3 Å². The highest BCUT2D eigenvalue weighted by molar-refractivity contribution is 5.44. The van der Waals surface area contributed by atoms with Crippen molar-refractivity contribution in [1.82, 2.24) is 30.0 Å². The zero-order chi connectivity index (χ0) is 24.0. The van der Waals surface area contributed by atoms with Gasteiger partial charge in [0.05, 0.1) is 26.9 Å². The fourth-order valence-corrected chi connectivity index (χ4v) is 5.09. The molecular weight excluding hydrogens is 444 g/mol. The summed E-state index contributed by atoms with van der Waals surface area (Å²) in [5.74, 6) is 2.39. The molecule has 2 atom stereocenters. The third kappa shape index (κ3) is 5.47. The van der Waals surface area contributed by atoms with Gasteiger partial charge >= 0.3 is 0 Å². The van der Waals surface area contributed by atoms with Crippen molar-refractivity contribution in [2.45, 2.75) is 38.1 Å². The number of piperazine rings is 1. The van der Waals surface area contributed by atoms with Crippen LogP contribution in [0.1, 0.15) is 35.8 Å². The topological polar surface area (TPSA) is 77.8 Å². The summed E-state index contributed by atoms with van der Waals surface area (Å²) in [6.07, 6.45) is 2.26. The standard InChI is InChI=1S/C26H34N6O3/c1-33-21-10-11-24(34-2)23(17-21)25(26-27-28-29-32(26)19-22-9-6-16-35-22)31-14-12-30(13-15-31)18-20-7-4-3-5-8-20/h3-5,7-8,10-11,17,22,25H,6,9,12-16,18-19H2,1-2H3/t22-,25+/m1/s1. The number of tetrazole rings is 1. The molecule has 0 N–H and O–H groups in total. The van der Waals surface area contributed by atoms with Crippen molar-refractivity contribution in [3.63, 3.8) is 0 Å². The second kappa shape index (κ2) is 11.2. The summed E-state index contributed by atoms with van der Waals surface area (Å²) in [6.45, 7) is 6.13. The Bertz CT molecular complexity index is 1080. The fraction of sp³-hybridized carbons (Fsp3) is 0.500. The number of hydrogen-bond donors (Lipinski definition) is 0. The first-order valence-electron chi connectivity index (χ1n) is 12.3. The van der Waals surface area contributed by atoms with Crippen LogP contribution < -0.4 is 9.47 Å². The van der Waals surface area contributed by atoms with Crippen LogP contribution in [0.3, 0.4) is 0 Å². The Hall–Kier alpha value is -3.01. The Balaban J connectivity index is 1.42. The van der Waals surface area contributed by atoms with Crippen molar-refractivity contribution in [1.29, 1.82) is 0 Å². The number of methoxy groups -OCH3 is 2. The monoisotopic (exact) mass is 478 g/mol. The highest BCUT2D eigenvalue weighted by Crippen LogP contribution is 2.37. The van der Waals surface area contributed by atoms with Gasteiger partial charge in [-0.25, -0.2) is 4.68 Å². The van der Waals surface area contributed by atoms with Crippen LogP contribution in [0.4, 0.5) is 0 Å². The minimum absolute atomic E-state index is 0.146. The lowest BCUT2D eigenvalue weighted by atomic mass is 10.0. The minimum atomic E-state index is -0.157. The van der Waals surface area contributed by atoms with Crippen molar-refractivity contribution < 1.29 is 14.2 Å². The third-order valence-electron chi connectivity index (χ3n) is 6.96. The van der Waals surface area contributed by atoms with E-state index < -0.39 is 0 Å². The Morgan fingerprint density at radius 1 is 1.03 bits per heavy atom. The van der Waals surface area contributed by atoms with E-state index in [1.807, 2.05) is 22.9 Å². The van der Waals surface area contributed by atoms with Crippen LogP contribution in [-0.2, 0) is 17.8 Å². The quantitative estimate of drug-likeness (QED) is 0.465. The van der Waals surface area contributed by atoms with E-state index in [9.17, 15) is 0 Å². The van der Waals surface area contributed by atoms with Crippen molar-refractivity contribution in [2.24, 2.45) is 0 Å². The van der Waals surface area contributed by atoms with Crippen LogP contribution in [0.25, 0.3) is 0 Å². The van der Waals surface area contributed by atoms with Crippen molar-refractivity contribution in [3.8, 4) is 11.5 Å². The molecule has 9 heteroatoms. The van der Waals surface area contributed by atoms with Crippen LogP contribution in [0.5, 0.6) is 11.5 Å². The van der Waals surface area contributed by atoms with E-state index in [1.165, 1.54) is 5.56 Å². The lowest BCUT2D eigenvalue weighted by Gasteiger charge is -2.39. The number of nitrogens with zero attached hydrogens (tertiary/aromatic N) is 6. The van der Waals surface area contributed by atoms with Gasteiger partial charge in [0.1, 0.15) is 17.5 Å². The second-order valence-corrected chi connectivity index (χ2v) is 9.16. The van der Waals surface area contributed by atoms with E-state index >= 15 is 0 Å². The number of rotatable bonds is 9. The summed E-state index contributed by atoms with van der Waals surface area (Å²) < 4.78 is 19.2. The molecule has 35 heavy (non-hydrogen) atoms. The van der Waals surface area contributed by atoms with E-state index in [2.05, 4.69) is 55.7 Å². The molecule has 0 bridgehead atoms. The van der Waals surface area contributed by atoms with Crippen LogP contribution in [0.2, 0.25) is 0 Å². The number of benzene rings is 2. The summed E-state index contributed by atoms with van der Waals surface area (Å²) in [5, 5.41) is 13.0. The van der Waals surface area contributed by atoms with Crippen LogP contribution >= 0.6 is 0 Å². The second-order valence-electron chi connectivity index (χ2n) is 9.16. The lowest BCUT2D eigenvalue weighted by Crippen LogP contribution is -2.48. The molecule has 3 aromatic rings. The molecule has 1 aromatic heterocycles. The molecule has 2 aromatic carbocycles. The molecule has 0 unspecified atom stereocenters. The summed E-state index contributed by atoms with van der Waals surface area (Å²) in [4.78, 5) is 4.96. The predicted octanol–water partition coefficient (Wildman–Crippen LogP) is 2.78. The van der Waals surface area contributed by atoms with E-state index in [1.54, 1.807) is 14.2 Å². The van der Waals surface area contributed by atoms with Gasteiger partial charge in [0, 0.05) is 44.9 Å². The minimum Gasteiger partial charge on any atom is -0.497 e. The van der Waals surface area contributed by atoms with Gasteiger partial charge < -0.3 is 14.2 Å². The number of ether oxygens (including phenoxy) is 3. The van der Waals surface area contributed by atoms with E-state index in [0.29, 0.717) is 6.54 Å². The van der Waals surface area contributed by atoms with Crippen molar-refractivity contribution in [2.75, 3.05) is 47.0 Å². The van der Waals surface area contributed by atoms with Gasteiger partial charge in [0.15, 0.2) is 5.82 Å². The molecule has 2 aliphatic heterocycles. The molecule has 5 rings (SSSR count). The zero-order valence-corrected chi connectivity index (χ0v) is 20.5. The van der Waals surface area contributed by atoms with E-state index in [0.717, 1.165) is 75.1 Å². The summed E-state index contributed by atoms with van der Waals surface area (Å²) >= 11 is 0. The average Bonchev–Trinajstić information content (AvgIpc) is 3.59. The molecule has 186 valence electrons. The maximum Gasteiger partial charge on any atom is 0.173 e. The largest absolute Gasteiger partial charge is 0.497 e. The molecule has 9 nitrogen and oxygen atoms in total. The fourth-order valence-electron chi connectivity index (χ4n) is 5.09. The molecule has 2 fully saturated rings. The molecule has 3 heterocycles. The van der Waals surface area contributed by atoms with Gasteiger partial charge in [-0.2, -0.15) is 0 Å². The number of aromatic nitrogens is 4. The highest BCUT2D eigenvalue weighted by Gasteiger charge is 2.33. The summed E-state index contributed by atoms with van der Waals surface area (Å²) in [5.41, 5.74) is 2.35. The van der Waals surface area contributed by atoms with Crippen LogP contribution in [0.15, 0.2) is 48.5 Å². The predicted molar refractivity (Wildman–Crippen MR) is 131 cm³/mol. The molecule has 0 amide bonds. The average molecular weight is 479 g/mol. The first-order chi connectivity index (χ1) is 17.2. The van der Waals surface area contributed by atoms with Gasteiger partial charge in [0.2, 0.25) is 0 Å². The molecule has 2 aliphatic rings. The van der Waals surface area contributed by atoms with Gasteiger partial charge in [-0.15, -0.1) is 5.10 Å². The molecule has 0 spiro atoms. The van der Waals surface area contributed by atoms with E-state index in [-0.39, 0.29) is 12.1 Å². The third-order valence-corrected chi connectivity index (χ3v) is 6.96. The molecular formula is C26H34N6O3. The summed E-state index contributed by atoms with van der Waals surface area (Å²) in [6, 6.07) is 16.4. The summed E-state index contributed by atoms with van der Waals surface area (Å²) in [7, 11) is 3.39. The molecule has 0 aliphatic carbocycles. The maximum absolute atomic E-state index is 5.88. The van der Waals surface area contributed by atoms with Crippen LogP contribution in [0, 0.1) is 0 Å². The zero-order valence-electron chi connectivity index (χ0n) is 20.5. The molecule has 2 saturated heterocycles. The Labute approximate surface area is 206 Å². The van der Waals surface area contributed by atoms with Gasteiger partial charge in [-0.05, 0) is 47.0 Å². The van der Waals surface area contributed by atoms with Crippen molar-refractivity contribution in [3.05, 3.63) is 65.5 Å². The first kappa shape index (κ1) is 23.7. The smallest absolute Gasteiger partial charge is 0.173 e. The Kier molecular flexibility index (Phi) is 7.56. The normalized spacial score (nSPS) is 20.1. The lowest BCUT2D eigenvalue weighted by molar-refractivity contribution is 0.0837. The van der Waals surface area contributed by atoms with Gasteiger partial charge in [-0.3, -0.25) is 9.80 Å².